The summed E-state index contributed by atoms with van der Waals surface area (Å²) < 4.78 is 0. The highest BCUT2D eigenvalue weighted by molar-refractivity contribution is 5.64. The summed E-state index contributed by atoms with van der Waals surface area (Å²) in [6, 6.07) is 0. The summed E-state index contributed by atoms with van der Waals surface area (Å²) in [6.07, 6.45) is 2.55. The number of rotatable bonds is 5. The molecule has 2 N–H and O–H groups in total. The minimum atomic E-state index is -0.923. The molecule has 0 aliphatic carbocycles. The summed E-state index contributed by atoms with van der Waals surface area (Å²) in [5.41, 5.74) is 0. The summed E-state index contributed by atoms with van der Waals surface area (Å²) >= 11 is 0. The van der Waals surface area contributed by atoms with Crippen LogP contribution in [0, 0.1) is 5.92 Å². The summed E-state index contributed by atoms with van der Waals surface area (Å²) in [5, 5.41) is 10.6. The van der Waals surface area contributed by atoms with Crippen LogP contribution in [0.25, 0.3) is 0 Å². The van der Waals surface area contributed by atoms with Crippen molar-refractivity contribution in [1.82, 2.24) is 5.32 Å². The number of amides is 1. The lowest BCUT2D eigenvalue weighted by Gasteiger charge is -2.09. The minimum Gasteiger partial charge on any atom is -0.465 e. The molecule has 3 heteroatoms. The summed E-state index contributed by atoms with van der Waals surface area (Å²) in [6.45, 7) is 4.78. The third kappa shape index (κ3) is 7.16. The summed E-state index contributed by atoms with van der Waals surface area (Å²) in [7, 11) is 0. The van der Waals surface area contributed by atoms with E-state index < -0.39 is 6.09 Å². The van der Waals surface area contributed by atoms with Gasteiger partial charge in [0.1, 0.15) is 0 Å². The van der Waals surface area contributed by atoms with Crippen LogP contribution in [0.3, 0.4) is 0 Å². The average molecular weight is 159 g/mol. The molecule has 66 valence electrons. The summed E-state index contributed by atoms with van der Waals surface area (Å²) in [5.74, 6) is 0.464. The van der Waals surface area contributed by atoms with Crippen LogP contribution in [-0.4, -0.2) is 17.7 Å². The standard InChI is InChI=1S/C8H17NO2/c1-3-4-5-7(2)6-9-8(10)11/h7,9H,3-6H2,1-2H3,(H,10,11)/t7-/m1/s1. The molecule has 0 aromatic carbocycles. The first-order chi connectivity index (χ1) is 5.16. The van der Waals surface area contributed by atoms with E-state index in [1.54, 1.807) is 0 Å². The van der Waals surface area contributed by atoms with Gasteiger partial charge in [0.05, 0.1) is 0 Å². The number of hydrogen-bond acceptors (Lipinski definition) is 1. The lowest BCUT2D eigenvalue weighted by molar-refractivity contribution is 0.192. The van der Waals surface area contributed by atoms with Gasteiger partial charge in [0.25, 0.3) is 0 Å². The van der Waals surface area contributed by atoms with Gasteiger partial charge in [-0.15, -0.1) is 0 Å². The van der Waals surface area contributed by atoms with Crippen LogP contribution in [0.15, 0.2) is 0 Å². The zero-order valence-corrected chi connectivity index (χ0v) is 7.26. The van der Waals surface area contributed by atoms with Gasteiger partial charge in [-0.25, -0.2) is 4.79 Å². The average Bonchev–Trinajstić information content (AvgIpc) is 1.97. The fourth-order valence-corrected chi connectivity index (χ4v) is 0.916. The molecule has 0 rings (SSSR count). The molecular weight excluding hydrogens is 142 g/mol. The third-order valence-corrected chi connectivity index (χ3v) is 1.65. The van der Waals surface area contributed by atoms with Gasteiger partial charge in [0.2, 0.25) is 0 Å². The largest absolute Gasteiger partial charge is 0.465 e. The van der Waals surface area contributed by atoms with E-state index in [0.29, 0.717) is 12.5 Å². The molecule has 0 unspecified atom stereocenters. The van der Waals surface area contributed by atoms with Gasteiger partial charge >= 0.3 is 6.09 Å². The number of nitrogens with one attached hydrogen (secondary N) is 1. The van der Waals surface area contributed by atoms with Crippen LogP contribution in [0.5, 0.6) is 0 Å². The van der Waals surface area contributed by atoms with E-state index in [0.717, 1.165) is 6.42 Å². The van der Waals surface area contributed by atoms with Crippen LogP contribution in [0.2, 0.25) is 0 Å². The van der Waals surface area contributed by atoms with E-state index in [4.69, 9.17) is 5.11 Å². The highest BCUT2D eigenvalue weighted by atomic mass is 16.4. The second-order valence-electron chi connectivity index (χ2n) is 2.93. The smallest absolute Gasteiger partial charge is 0.404 e. The predicted octanol–water partition coefficient (Wildman–Crippen LogP) is 2.08. The van der Waals surface area contributed by atoms with Crippen molar-refractivity contribution in [1.29, 1.82) is 0 Å². The highest BCUT2D eigenvalue weighted by Crippen LogP contribution is 2.05. The first-order valence-electron chi connectivity index (χ1n) is 4.13. The van der Waals surface area contributed by atoms with Crippen molar-refractivity contribution in [2.24, 2.45) is 5.92 Å². The Morgan fingerprint density at radius 1 is 1.64 bits per heavy atom. The molecule has 0 aliphatic rings. The van der Waals surface area contributed by atoms with Gasteiger partial charge in [-0.3, -0.25) is 0 Å². The Labute approximate surface area is 67.8 Å². The quantitative estimate of drug-likeness (QED) is 0.645. The molecule has 3 nitrogen and oxygen atoms in total. The third-order valence-electron chi connectivity index (χ3n) is 1.65. The minimum absolute atomic E-state index is 0.464. The molecular formula is C8H17NO2. The molecule has 0 aromatic heterocycles. The molecule has 0 spiro atoms. The van der Waals surface area contributed by atoms with Crippen LogP contribution in [0.4, 0.5) is 4.79 Å². The Bertz CT molecular complexity index is 115. The molecule has 11 heavy (non-hydrogen) atoms. The normalized spacial score (nSPS) is 12.5. The predicted molar refractivity (Wildman–Crippen MR) is 44.7 cm³/mol. The van der Waals surface area contributed by atoms with Crippen LogP contribution in [-0.2, 0) is 0 Å². The van der Waals surface area contributed by atoms with Gasteiger partial charge in [0, 0.05) is 6.54 Å². The molecule has 0 saturated heterocycles. The Kier molecular flexibility index (Phi) is 5.61. The van der Waals surface area contributed by atoms with E-state index in [2.05, 4.69) is 19.2 Å². The second kappa shape index (κ2) is 6.01. The van der Waals surface area contributed by atoms with Crippen molar-refractivity contribution in [3.8, 4) is 0 Å². The number of hydrogen-bond donors (Lipinski definition) is 2. The molecule has 0 heterocycles. The van der Waals surface area contributed by atoms with E-state index in [9.17, 15) is 4.79 Å². The van der Waals surface area contributed by atoms with Gasteiger partial charge < -0.3 is 10.4 Å². The van der Waals surface area contributed by atoms with Crippen LogP contribution < -0.4 is 5.32 Å². The number of carboxylic acid groups (broad SMARTS) is 1. The molecule has 0 aliphatic heterocycles. The fourth-order valence-electron chi connectivity index (χ4n) is 0.916. The van der Waals surface area contributed by atoms with Gasteiger partial charge in [0.15, 0.2) is 0 Å². The van der Waals surface area contributed by atoms with Crippen molar-refractivity contribution in [3.05, 3.63) is 0 Å². The maximum atomic E-state index is 10.1. The second-order valence-corrected chi connectivity index (χ2v) is 2.93. The Morgan fingerprint density at radius 3 is 2.73 bits per heavy atom. The Hall–Kier alpha value is -0.730. The van der Waals surface area contributed by atoms with E-state index >= 15 is 0 Å². The maximum Gasteiger partial charge on any atom is 0.404 e. The monoisotopic (exact) mass is 159 g/mol. The van der Waals surface area contributed by atoms with Crippen LogP contribution in [0.1, 0.15) is 33.1 Å². The van der Waals surface area contributed by atoms with E-state index in [1.165, 1.54) is 12.8 Å². The molecule has 1 amide bonds. The first-order valence-corrected chi connectivity index (χ1v) is 4.13. The van der Waals surface area contributed by atoms with Gasteiger partial charge in [-0.2, -0.15) is 0 Å². The lowest BCUT2D eigenvalue weighted by atomic mass is 10.1. The van der Waals surface area contributed by atoms with Gasteiger partial charge in [-0.05, 0) is 12.3 Å². The lowest BCUT2D eigenvalue weighted by Crippen LogP contribution is -2.26. The SMILES string of the molecule is CCCC[C@@H](C)CNC(=O)O. The molecule has 1 atom stereocenters. The van der Waals surface area contributed by atoms with Crippen molar-refractivity contribution < 1.29 is 9.90 Å². The summed E-state index contributed by atoms with van der Waals surface area (Å²) in [4.78, 5) is 10.1. The number of carbonyl (C=O) groups is 1. The first kappa shape index (κ1) is 10.3. The maximum absolute atomic E-state index is 10.1. The van der Waals surface area contributed by atoms with Crippen molar-refractivity contribution in [3.63, 3.8) is 0 Å². The molecule has 0 bridgehead atoms. The van der Waals surface area contributed by atoms with Crippen molar-refractivity contribution in [2.75, 3.05) is 6.54 Å². The Balaban J connectivity index is 3.22. The van der Waals surface area contributed by atoms with Crippen molar-refractivity contribution in [2.45, 2.75) is 33.1 Å². The van der Waals surface area contributed by atoms with E-state index in [1.807, 2.05) is 0 Å². The topological polar surface area (TPSA) is 49.3 Å². The van der Waals surface area contributed by atoms with Gasteiger partial charge in [-0.1, -0.05) is 26.7 Å². The fraction of sp³-hybridized carbons (Fsp3) is 0.875. The van der Waals surface area contributed by atoms with Crippen LogP contribution >= 0.6 is 0 Å². The molecule has 0 fully saturated rings. The van der Waals surface area contributed by atoms with Crippen molar-refractivity contribution >= 4 is 6.09 Å². The highest BCUT2D eigenvalue weighted by Gasteiger charge is 2.02. The molecule has 0 saturated carbocycles. The molecule has 0 radical (unpaired) electrons. The van der Waals surface area contributed by atoms with E-state index in [-0.39, 0.29) is 0 Å². The Morgan fingerprint density at radius 2 is 2.27 bits per heavy atom. The zero-order valence-electron chi connectivity index (χ0n) is 7.26. The molecule has 0 aromatic rings. The zero-order chi connectivity index (χ0) is 8.69. The number of unbranched alkanes of at least 4 members (excludes halogenated alkanes) is 1.